The summed E-state index contributed by atoms with van der Waals surface area (Å²) in [4.78, 5) is 12.3. The predicted molar refractivity (Wildman–Crippen MR) is 112 cm³/mol. The lowest BCUT2D eigenvalue weighted by molar-refractivity contribution is -0.108. The van der Waals surface area contributed by atoms with Crippen LogP contribution in [0.15, 0.2) is 43.0 Å². The largest absolute Gasteiger partial charge is 0.452 e. The standard InChI is InChI=1S/C21H34O6Si/c1-7-18(27-20(24)16-11-9-8-10-12-16)19(17(23)15-22)25-13-14-26-28(5,6)21(2,3)4/h7-12,17-19,22-23H,1,13-15H2,2-6H3/t17-,18-,19+/m1/s1. The van der Waals surface area contributed by atoms with Gasteiger partial charge in [0.15, 0.2) is 8.32 Å². The molecule has 0 fully saturated rings. The molecule has 0 aliphatic carbocycles. The van der Waals surface area contributed by atoms with E-state index in [9.17, 15) is 15.0 Å². The summed E-state index contributed by atoms with van der Waals surface area (Å²) in [5, 5.41) is 19.6. The molecular formula is C21H34O6Si. The van der Waals surface area contributed by atoms with Crippen molar-refractivity contribution >= 4 is 14.3 Å². The highest BCUT2D eigenvalue weighted by atomic mass is 28.4. The van der Waals surface area contributed by atoms with Crippen LogP contribution in [0.4, 0.5) is 0 Å². The smallest absolute Gasteiger partial charge is 0.338 e. The summed E-state index contributed by atoms with van der Waals surface area (Å²) in [6, 6.07) is 8.52. The van der Waals surface area contributed by atoms with Crippen LogP contribution in [0.2, 0.25) is 18.1 Å². The monoisotopic (exact) mass is 410 g/mol. The van der Waals surface area contributed by atoms with Gasteiger partial charge >= 0.3 is 5.97 Å². The van der Waals surface area contributed by atoms with Crippen LogP contribution in [0.25, 0.3) is 0 Å². The van der Waals surface area contributed by atoms with Crippen LogP contribution >= 0.6 is 0 Å². The van der Waals surface area contributed by atoms with Gasteiger partial charge in [0.05, 0.1) is 25.4 Å². The van der Waals surface area contributed by atoms with Crippen molar-refractivity contribution in [3.63, 3.8) is 0 Å². The second kappa shape index (κ2) is 10.9. The molecule has 6 nitrogen and oxygen atoms in total. The molecule has 0 radical (unpaired) electrons. The van der Waals surface area contributed by atoms with Gasteiger partial charge in [-0.3, -0.25) is 0 Å². The third-order valence-electron chi connectivity index (χ3n) is 5.04. The number of esters is 1. The maximum Gasteiger partial charge on any atom is 0.338 e. The number of hydrogen-bond donors (Lipinski definition) is 2. The molecule has 0 spiro atoms. The van der Waals surface area contributed by atoms with E-state index in [1.165, 1.54) is 6.08 Å². The molecule has 158 valence electrons. The quantitative estimate of drug-likeness (QED) is 0.252. The Kier molecular flexibility index (Phi) is 9.53. The molecule has 0 amide bonds. The molecule has 3 atom stereocenters. The normalized spacial score (nSPS) is 15.5. The lowest BCUT2D eigenvalue weighted by Crippen LogP contribution is -2.45. The van der Waals surface area contributed by atoms with Gasteiger partial charge in [0.25, 0.3) is 0 Å². The van der Waals surface area contributed by atoms with Gasteiger partial charge in [0.2, 0.25) is 0 Å². The number of rotatable bonds is 11. The molecular weight excluding hydrogens is 376 g/mol. The molecule has 1 aromatic rings. The summed E-state index contributed by atoms with van der Waals surface area (Å²) >= 11 is 0. The Hall–Kier alpha value is -1.51. The molecule has 0 bridgehead atoms. The van der Waals surface area contributed by atoms with Gasteiger partial charge in [0, 0.05) is 0 Å². The van der Waals surface area contributed by atoms with Crippen molar-refractivity contribution < 1.29 is 28.9 Å². The van der Waals surface area contributed by atoms with E-state index < -0.39 is 39.2 Å². The van der Waals surface area contributed by atoms with Crippen LogP contribution < -0.4 is 0 Å². The van der Waals surface area contributed by atoms with Crippen molar-refractivity contribution in [2.45, 2.75) is 57.2 Å². The Morgan fingerprint density at radius 1 is 1.21 bits per heavy atom. The Bertz CT molecular complexity index is 611. The number of carbonyl (C=O) groups excluding carboxylic acids is 1. The molecule has 0 heterocycles. The molecule has 0 aliphatic rings. The molecule has 0 aromatic heterocycles. The number of carbonyl (C=O) groups is 1. The van der Waals surface area contributed by atoms with E-state index in [1.54, 1.807) is 30.3 Å². The highest BCUT2D eigenvalue weighted by Crippen LogP contribution is 2.36. The number of benzene rings is 1. The van der Waals surface area contributed by atoms with E-state index in [2.05, 4.69) is 40.4 Å². The highest BCUT2D eigenvalue weighted by Gasteiger charge is 2.37. The van der Waals surface area contributed by atoms with Crippen molar-refractivity contribution in [3.05, 3.63) is 48.6 Å². The van der Waals surface area contributed by atoms with Gasteiger partial charge in [0.1, 0.15) is 18.3 Å². The Morgan fingerprint density at radius 2 is 1.82 bits per heavy atom. The Morgan fingerprint density at radius 3 is 2.32 bits per heavy atom. The fraction of sp³-hybridized carbons (Fsp3) is 0.571. The summed E-state index contributed by atoms with van der Waals surface area (Å²) in [5.41, 5.74) is 0.382. The molecule has 0 aliphatic heterocycles. The van der Waals surface area contributed by atoms with Crippen molar-refractivity contribution in [1.82, 2.24) is 0 Å². The van der Waals surface area contributed by atoms with Gasteiger partial charge in [-0.2, -0.15) is 0 Å². The minimum absolute atomic E-state index is 0.0753. The average Bonchev–Trinajstić information content (AvgIpc) is 2.65. The molecule has 2 N–H and O–H groups in total. The van der Waals surface area contributed by atoms with Crippen molar-refractivity contribution in [2.24, 2.45) is 0 Å². The predicted octanol–water partition coefficient (Wildman–Crippen LogP) is 3.16. The average molecular weight is 411 g/mol. The first kappa shape index (κ1) is 24.5. The molecule has 0 unspecified atom stereocenters. The van der Waals surface area contributed by atoms with E-state index in [0.717, 1.165) is 0 Å². The zero-order chi connectivity index (χ0) is 21.4. The lowest BCUT2D eigenvalue weighted by atomic mass is 10.1. The van der Waals surface area contributed by atoms with E-state index in [4.69, 9.17) is 13.9 Å². The molecule has 0 saturated carbocycles. The van der Waals surface area contributed by atoms with Crippen LogP contribution in [0, 0.1) is 0 Å². The van der Waals surface area contributed by atoms with E-state index in [-0.39, 0.29) is 11.6 Å². The SMILES string of the molecule is C=C[C@@H](OC(=O)c1ccccc1)[C@@H](OCCO[Si](C)(C)C(C)(C)C)[C@H](O)CO. The van der Waals surface area contributed by atoms with Gasteiger partial charge in [-0.1, -0.05) is 45.5 Å². The van der Waals surface area contributed by atoms with Crippen LogP contribution in [-0.2, 0) is 13.9 Å². The van der Waals surface area contributed by atoms with Gasteiger partial charge in [-0.15, -0.1) is 0 Å². The van der Waals surface area contributed by atoms with E-state index in [0.29, 0.717) is 12.2 Å². The maximum atomic E-state index is 12.3. The van der Waals surface area contributed by atoms with Crippen LogP contribution in [0.3, 0.4) is 0 Å². The van der Waals surface area contributed by atoms with Crippen molar-refractivity contribution in [1.29, 1.82) is 0 Å². The summed E-state index contributed by atoms with van der Waals surface area (Å²) in [6.45, 7) is 14.4. The summed E-state index contributed by atoms with van der Waals surface area (Å²) in [7, 11) is -1.92. The minimum Gasteiger partial charge on any atom is -0.452 e. The van der Waals surface area contributed by atoms with Crippen LogP contribution in [-0.4, -0.2) is 62.6 Å². The van der Waals surface area contributed by atoms with Crippen molar-refractivity contribution in [2.75, 3.05) is 19.8 Å². The van der Waals surface area contributed by atoms with Crippen LogP contribution in [0.1, 0.15) is 31.1 Å². The molecule has 7 heteroatoms. The fourth-order valence-corrected chi connectivity index (χ4v) is 3.27. The highest BCUT2D eigenvalue weighted by molar-refractivity contribution is 6.74. The Balaban J connectivity index is 2.72. The minimum atomic E-state index is -1.92. The fourth-order valence-electron chi connectivity index (χ4n) is 2.24. The second-order valence-corrected chi connectivity index (χ2v) is 13.0. The van der Waals surface area contributed by atoms with E-state index in [1.807, 2.05) is 0 Å². The third-order valence-corrected chi connectivity index (χ3v) is 9.58. The first-order valence-electron chi connectivity index (χ1n) is 9.46. The summed E-state index contributed by atoms with van der Waals surface area (Å²) < 4.78 is 17.2. The first-order chi connectivity index (χ1) is 13.0. The zero-order valence-corrected chi connectivity index (χ0v) is 18.6. The number of aliphatic hydroxyl groups is 2. The summed E-state index contributed by atoms with van der Waals surface area (Å²) in [6.07, 6.45) is -1.70. The van der Waals surface area contributed by atoms with Gasteiger partial charge in [-0.25, -0.2) is 4.79 Å². The number of aliphatic hydroxyl groups excluding tert-OH is 2. The van der Waals surface area contributed by atoms with Gasteiger partial charge < -0.3 is 24.1 Å². The lowest BCUT2D eigenvalue weighted by Gasteiger charge is -2.36. The summed E-state index contributed by atoms with van der Waals surface area (Å²) in [5.74, 6) is -0.554. The number of hydrogen-bond acceptors (Lipinski definition) is 6. The van der Waals surface area contributed by atoms with Crippen LogP contribution in [0.5, 0.6) is 0 Å². The second-order valence-electron chi connectivity index (χ2n) is 8.17. The number of ether oxygens (including phenoxy) is 2. The van der Waals surface area contributed by atoms with Crippen molar-refractivity contribution in [3.8, 4) is 0 Å². The first-order valence-corrected chi connectivity index (χ1v) is 12.4. The molecule has 0 saturated heterocycles. The molecule has 1 aromatic carbocycles. The topological polar surface area (TPSA) is 85.2 Å². The Labute approximate surface area is 169 Å². The molecule has 1 rings (SSSR count). The maximum absolute atomic E-state index is 12.3. The van der Waals surface area contributed by atoms with Gasteiger partial charge in [-0.05, 0) is 36.3 Å². The third kappa shape index (κ3) is 7.14. The zero-order valence-electron chi connectivity index (χ0n) is 17.6. The molecule has 28 heavy (non-hydrogen) atoms. The van der Waals surface area contributed by atoms with E-state index >= 15 is 0 Å².